The molecule has 1 aromatic carbocycles. The van der Waals surface area contributed by atoms with Crippen LogP contribution in [0.15, 0.2) is 30.3 Å². The van der Waals surface area contributed by atoms with Crippen molar-refractivity contribution in [2.24, 2.45) is 0 Å². The monoisotopic (exact) mass is 149 g/mol. The molecule has 0 aromatic heterocycles. The molecule has 58 valence electrons. The second-order valence-corrected chi connectivity index (χ2v) is 2.50. The third kappa shape index (κ3) is 1.80. The lowest BCUT2D eigenvalue weighted by atomic mass is 10.1. The normalized spacial score (nSPS) is 12.5. The highest BCUT2D eigenvalue weighted by Gasteiger charge is 2.07. The van der Waals surface area contributed by atoms with E-state index in [0.717, 1.165) is 5.56 Å². The third-order valence-electron chi connectivity index (χ3n) is 1.71. The molecule has 0 aliphatic rings. The van der Waals surface area contributed by atoms with Gasteiger partial charge in [-0.2, -0.15) is 0 Å². The minimum Gasteiger partial charge on any atom is -0.624 e. The molecule has 11 heavy (non-hydrogen) atoms. The van der Waals surface area contributed by atoms with Gasteiger partial charge in [0.2, 0.25) is 0 Å². The lowest BCUT2D eigenvalue weighted by Crippen LogP contribution is -2.06. The zero-order valence-corrected chi connectivity index (χ0v) is 6.53. The molecule has 0 saturated heterocycles. The van der Waals surface area contributed by atoms with Crippen molar-refractivity contribution in [2.45, 2.75) is 13.0 Å². The van der Waals surface area contributed by atoms with Crippen molar-refractivity contribution in [1.82, 2.24) is 0 Å². The molecule has 1 rings (SSSR count). The summed E-state index contributed by atoms with van der Waals surface area (Å²) in [6.45, 7) is 5.12. The van der Waals surface area contributed by atoms with Crippen LogP contribution in [0.4, 0.5) is 0 Å². The van der Waals surface area contributed by atoms with E-state index in [1.54, 1.807) is 0 Å². The number of nitrogens with zero attached hydrogens (tertiary/aromatic N) is 1. The Balaban J connectivity index is 2.85. The molecule has 0 radical (unpaired) electrons. The number of benzene rings is 1. The van der Waals surface area contributed by atoms with Crippen LogP contribution in [0.3, 0.4) is 0 Å². The van der Waals surface area contributed by atoms with E-state index in [2.05, 4.69) is 6.72 Å². The topological polar surface area (TPSA) is 26.1 Å². The zero-order chi connectivity index (χ0) is 8.27. The smallest absolute Gasteiger partial charge is 0.185 e. The molecule has 0 spiro atoms. The first-order chi connectivity index (χ1) is 5.22. The average Bonchev–Trinajstić information content (AvgIpc) is 2.05. The van der Waals surface area contributed by atoms with Gasteiger partial charge in [0, 0.05) is 12.5 Å². The summed E-state index contributed by atoms with van der Waals surface area (Å²) in [5, 5.41) is 10.7. The highest BCUT2D eigenvalue weighted by Crippen LogP contribution is 2.13. The fourth-order valence-electron chi connectivity index (χ4n) is 0.898. The van der Waals surface area contributed by atoms with Crippen molar-refractivity contribution in [2.75, 3.05) is 0 Å². The van der Waals surface area contributed by atoms with E-state index >= 15 is 0 Å². The number of rotatable bonds is 2. The second kappa shape index (κ2) is 3.19. The van der Waals surface area contributed by atoms with Gasteiger partial charge in [-0.15, -0.1) is 0 Å². The van der Waals surface area contributed by atoms with E-state index in [4.69, 9.17) is 0 Å². The maximum atomic E-state index is 10.7. The van der Waals surface area contributed by atoms with Gasteiger partial charge in [0.05, 0.1) is 0 Å². The van der Waals surface area contributed by atoms with E-state index in [0.29, 0.717) is 4.74 Å². The van der Waals surface area contributed by atoms with Gasteiger partial charge >= 0.3 is 0 Å². The van der Waals surface area contributed by atoms with Crippen LogP contribution in [0.2, 0.25) is 0 Å². The van der Waals surface area contributed by atoms with Crippen molar-refractivity contribution < 1.29 is 4.74 Å². The Morgan fingerprint density at radius 2 is 1.91 bits per heavy atom. The summed E-state index contributed by atoms with van der Waals surface area (Å²) in [7, 11) is 0. The summed E-state index contributed by atoms with van der Waals surface area (Å²) >= 11 is 0. The maximum Gasteiger partial charge on any atom is 0.185 e. The minimum absolute atomic E-state index is 0.156. The maximum absolute atomic E-state index is 10.7. The Kier molecular flexibility index (Phi) is 2.26. The summed E-state index contributed by atoms with van der Waals surface area (Å²) < 4.78 is 0.704. The van der Waals surface area contributed by atoms with Gasteiger partial charge in [-0.05, 0) is 0 Å². The van der Waals surface area contributed by atoms with Gasteiger partial charge in [0.25, 0.3) is 0 Å². The highest BCUT2D eigenvalue weighted by atomic mass is 16.5. The fraction of sp³-hybridized carbons (Fsp3) is 0.222. The molecule has 2 nitrogen and oxygen atoms in total. The van der Waals surface area contributed by atoms with Gasteiger partial charge in [-0.3, -0.25) is 0 Å². The first-order valence-electron chi connectivity index (χ1n) is 3.53. The van der Waals surface area contributed by atoms with Crippen molar-refractivity contribution in [3.05, 3.63) is 41.1 Å². The summed E-state index contributed by atoms with van der Waals surface area (Å²) in [4.78, 5) is 0. The summed E-state index contributed by atoms with van der Waals surface area (Å²) in [5.41, 5.74) is 0.998. The summed E-state index contributed by atoms with van der Waals surface area (Å²) in [6.07, 6.45) is 0. The summed E-state index contributed by atoms with van der Waals surface area (Å²) in [6, 6.07) is 9.43. The molecule has 2 heteroatoms. The van der Waals surface area contributed by atoms with E-state index in [1.165, 1.54) is 0 Å². The number of hydrogen-bond acceptors (Lipinski definition) is 1. The van der Waals surface area contributed by atoms with E-state index in [-0.39, 0.29) is 6.04 Å². The third-order valence-corrected chi connectivity index (χ3v) is 1.71. The average molecular weight is 149 g/mol. The minimum atomic E-state index is -0.156. The van der Waals surface area contributed by atoms with E-state index < -0.39 is 0 Å². The molecule has 0 heterocycles. The molecule has 1 atom stereocenters. The van der Waals surface area contributed by atoms with Gasteiger partial charge in [0.15, 0.2) is 6.04 Å². The summed E-state index contributed by atoms with van der Waals surface area (Å²) in [5.74, 6) is 0. The van der Waals surface area contributed by atoms with Crippen LogP contribution in [-0.4, -0.2) is 11.5 Å². The molecule has 0 aliphatic heterocycles. The van der Waals surface area contributed by atoms with Gasteiger partial charge in [-0.1, -0.05) is 30.3 Å². The molecule has 1 aromatic rings. The van der Waals surface area contributed by atoms with Crippen LogP contribution in [0.5, 0.6) is 0 Å². The molecule has 0 N–H and O–H groups in total. The predicted molar refractivity (Wildman–Crippen MR) is 45.6 cm³/mol. The molecular weight excluding hydrogens is 138 g/mol. The van der Waals surface area contributed by atoms with Gasteiger partial charge < -0.3 is 5.21 Å². The lowest BCUT2D eigenvalue weighted by molar-refractivity contribution is -0.494. The van der Waals surface area contributed by atoms with Gasteiger partial charge in [0.1, 0.15) is 6.72 Å². The first-order valence-corrected chi connectivity index (χ1v) is 3.53. The van der Waals surface area contributed by atoms with Crippen molar-refractivity contribution >= 4 is 6.72 Å². The first kappa shape index (κ1) is 7.79. The SMILES string of the molecule is C=[N+]([O-])[C@H](C)c1ccccc1. The Labute approximate surface area is 66.4 Å². The molecule has 0 amide bonds. The zero-order valence-electron chi connectivity index (χ0n) is 6.53. The van der Waals surface area contributed by atoms with Crippen molar-refractivity contribution in [1.29, 1.82) is 0 Å². The van der Waals surface area contributed by atoms with E-state index in [1.807, 2.05) is 37.3 Å². The van der Waals surface area contributed by atoms with Crippen LogP contribution in [0.1, 0.15) is 18.5 Å². The standard InChI is InChI=1S/C9H11NO/c1-8(10(2)11)9-6-4-3-5-7-9/h3-8H,2H2,1H3/t8-/m1/s1. The fourth-order valence-corrected chi connectivity index (χ4v) is 0.898. The van der Waals surface area contributed by atoms with Crippen LogP contribution in [0, 0.1) is 5.21 Å². The predicted octanol–water partition coefficient (Wildman–Crippen LogP) is 1.96. The largest absolute Gasteiger partial charge is 0.624 e. The quantitative estimate of drug-likeness (QED) is 0.273. The molecule has 0 unspecified atom stereocenters. The van der Waals surface area contributed by atoms with Gasteiger partial charge in [-0.25, -0.2) is 4.74 Å². The number of hydroxylamine groups is 1. The Morgan fingerprint density at radius 1 is 1.36 bits per heavy atom. The molecule has 0 aliphatic carbocycles. The van der Waals surface area contributed by atoms with Crippen molar-refractivity contribution in [3.8, 4) is 0 Å². The molecular formula is C9H11NO. The molecule has 0 fully saturated rings. The highest BCUT2D eigenvalue weighted by molar-refractivity contribution is 5.20. The van der Waals surface area contributed by atoms with E-state index in [9.17, 15) is 5.21 Å². The van der Waals surface area contributed by atoms with Crippen LogP contribution >= 0.6 is 0 Å². The Hall–Kier alpha value is -1.31. The molecule has 0 saturated carbocycles. The Morgan fingerprint density at radius 3 is 2.36 bits per heavy atom. The molecule has 0 bridgehead atoms. The Bertz CT molecular complexity index is 243. The van der Waals surface area contributed by atoms with Crippen LogP contribution in [0.25, 0.3) is 0 Å². The second-order valence-electron chi connectivity index (χ2n) is 2.50. The van der Waals surface area contributed by atoms with Crippen LogP contribution in [-0.2, 0) is 0 Å². The lowest BCUT2D eigenvalue weighted by Gasteiger charge is -2.10. The number of hydrogen-bond donors (Lipinski definition) is 0. The van der Waals surface area contributed by atoms with Crippen LogP contribution < -0.4 is 0 Å². The van der Waals surface area contributed by atoms with Crippen molar-refractivity contribution in [3.63, 3.8) is 0 Å².